The van der Waals surface area contributed by atoms with E-state index in [1.807, 2.05) is 39.9 Å². The van der Waals surface area contributed by atoms with E-state index in [1.54, 1.807) is 11.4 Å². The molecule has 22 nitrogen and oxygen atoms in total. The number of aromatic nitrogens is 4. The number of sulfonamides is 1. The van der Waals surface area contributed by atoms with E-state index >= 15 is 0 Å². The Morgan fingerprint density at radius 1 is 0.955 bits per heavy atom. The van der Waals surface area contributed by atoms with E-state index in [-0.39, 0.29) is 16.5 Å². The number of urea groups is 1. The van der Waals surface area contributed by atoms with Gasteiger partial charge in [-0.05, 0) is 42.9 Å². The second-order valence-electron chi connectivity index (χ2n) is 14.1. The zero-order chi connectivity index (χ0) is 50.9. The number of hydrogen-bond donors (Lipinski definition) is 6. The van der Waals surface area contributed by atoms with Gasteiger partial charge in [0, 0.05) is 11.5 Å². The smallest absolute Gasteiger partial charge is 0.442 e. The fraction of sp³-hybridized carbons (Fsp3) is 0.400. The number of ether oxygens (including phenoxy) is 3. The molecule has 2 aromatic carbocycles. The van der Waals surface area contributed by atoms with E-state index < -0.39 is 95.6 Å². The Bertz CT molecular complexity index is 2460. The third-order valence-corrected chi connectivity index (χ3v) is 8.94. The van der Waals surface area contributed by atoms with Crippen molar-refractivity contribution in [3.05, 3.63) is 74.5 Å². The lowest BCUT2D eigenvalue weighted by molar-refractivity contribution is -0.193. The molecule has 0 aliphatic heterocycles. The summed E-state index contributed by atoms with van der Waals surface area (Å²) in [5, 5.41) is 25.6. The molecule has 0 saturated carbocycles. The normalized spacial score (nSPS) is 12.1. The second kappa shape index (κ2) is 26.2. The number of carboxylic acid groups (broad SMARTS) is 2. The van der Waals surface area contributed by atoms with Crippen LogP contribution in [0.2, 0.25) is 10.0 Å². The van der Waals surface area contributed by atoms with Crippen LogP contribution in [0.5, 0.6) is 17.5 Å². The van der Waals surface area contributed by atoms with Crippen LogP contribution in [0.25, 0.3) is 5.69 Å². The van der Waals surface area contributed by atoms with Crippen molar-refractivity contribution in [3.63, 3.8) is 0 Å². The fourth-order valence-corrected chi connectivity index (χ4v) is 6.02. The van der Waals surface area contributed by atoms with Crippen LogP contribution in [0.4, 0.5) is 28.3 Å². The third-order valence-electron chi connectivity index (χ3n) is 6.33. The lowest BCUT2D eigenvalue weighted by atomic mass is 9.97. The van der Waals surface area contributed by atoms with E-state index in [4.69, 9.17) is 47.5 Å². The molecule has 0 aliphatic carbocycles. The predicted octanol–water partition coefficient (Wildman–Crippen LogP) is 4.76. The quantitative estimate of drug-likeness (QED) is 0.0531. The summed E-state index contributed by atoms with van der Waals surface area (Å²) in [4.78, 5) is 68.7. The molecule has 66 heavy (non-hydrogen) atoms. The summed E-state index contributed by atoms with van der Waals surface area (Å²) in [6, 6.07) is 6.33. The number of benzene rings is 2. The van der Waals surface area contributed by atoms with E-state index in [1.165, 1.54) is 22.9 Å². The Balaban J connectivity index is 0.000000526. The monoisotopic (exact) mass is 1040 g/mol. The molecule has 6 N–H and O–H groups in total. The number of halogens is 6. The van der Waals surface area contributed by atoms with Gasteiger partial charge in [0.1, 0.15) is 18.2 Å². The van der Waals surface area contributed by atoms with Crippen molar-refractivity contribution in [1.29, 1.82) is 0 Å². The summed E-state index contributed by atoms with van der Waals surface area (Å²) >= 11 is 12.3. The Kier molecular flexibility index (Phi) is 23.3. The average Bonchev–Trinajstić information content (AvgIpc) is 3.53. The number of nitrogens with one attached hydrogen (secondary N) is 3. The van der Waals surface area contributed by atoms with Crippen molar-refractivity contribution in [3.8, 4) is 23.2 Å². The van der Waals surface area contributed by atoms with Crippen LogP contribution >= 0.6 is 30.8 Å². The number of aromatic carboxylic acids is 1. The predicted molar refractivity (Wildman–Crippen MR) is 230 cm³/mol. The number of anilines is 1. The molecule has 0 spiro atoms. The highest BCUT2D eigenvalue weighted by atomic mass is 35.5. The number of carbonyl (C=O) groups is 3. The molecule has 1 atom stereocenters. The van der Waals surface area contributed by atoms with Crippen LogP contribution in [0.1, 0.15) is 50.9 Å². The highest BCUT2D eigenvalue weighted by Crippen LogP contribution is 2.34. The van der Waals surface area contributed by atoms with Gasteiger partial charge in [0.15, 0.2) is 0 Å². The molecule has 2 amide bonds. The van der Waals surface area contributed by atoms with Crippen LogP contribution in [0.15, 0.2) is 56.6 Å². The van der Waals surface area contributed by atoms with Crippen LogP contribution in [0.3, 0.4) is 0 Å². The number of hydrogen-bond acceptors (Lipinski definition) is 16. The number of rotatable bonds is 15. The molecule has 368 valence electrons. The maximum Gasteiger partial charge on any atom is 0.442 e. The van der Waals surface area contributed by atoms with Crippen molar-refractivity contribution < 1.29 is 83.6 Å². The van der Waals surface area contributed by atoms with Gasteiger partial charge in [0.05, 0.1) is 65.1 Å². The number of alkyl halides is 4. The number of nitrogens with zero attached hydrogens (tertiary/aromatic N) is 4. The van der Waals surface area contributed by atoms with E-state index in [9.17, 15) is 54.6 Å². The first-order valence-electron chi connectivity index (χ1n) is 17.9. The standard InChI is InChI=1S/C15H18Cl2N2O3.C14H10F4N4O7S.C3H8NO5P.C3H9S/c1-8(2)21-12-7-11(9(16)6-10(12)17)19-14(20)22-13(18-19)15(3,4)5;15-11(16)28-8-5-9(29-12(17)18)20-13(19-8)21-14(25)22-30(26,27)7-4-2-1-3-6(7)10(23)24;5-3(6)1-4-2-10(7,8)9;1-4(2)3/h6-8H,1-5H3;1-5,11-12H,(H,23,24)(H2,19,20,21,22,25);4H,1-2H2,(H,5,6)(H2,7,8,9);1-3H3/q;;;+1/p-1. The van der Waals surface area contributed by atoms with Crippen molar-refractivity contribution in [2.75, 3.05) is 36.9 Å². The van der Waals surface area contributed by atoms with Crippen molar-refractivity contribution in [1.82, 2.24) is 29.8 Å². The average molecular weight is 1040 g/mol. The van der Waals surface area contributed by atoms with Crippen LogP contribution < -0.4 is 40.2 Å². The highest BCUT2D eigenvalue weighted by molar-refractivity contribution is 7.94. The number of aliphatic carboxylic acids is 1. The summed E-state index contributed by atoms with van der Waals surface area (Å²) in [5.41, 5.74) is -0.666. The minimum absolute atomic E-state index is 0.0642. The number of amides is 2. The minimum atomic E-state index is -4.71. The minimum Gasteiger partial charge on any atom is -0.778 e. The van der Waals surface area contributed by atoms with Gasteiger partial charge in [0.25, 0.3) is 10.0 Å². The highest BCUT2D eigenvalue weighted by Gasteiger charge is 2.26. The summed E-state index contributed by atoms with van der Waals surface area (Å²) < 4.78 is 105. The Hall–Kier alpha value is -5.22. The first kappa shape index (κ1) is 58.8. The molecule has 0 radical (unpaired) electrons. The second-order valence-corrected chi connectivity index (χ2v) is 20.6. The molecule has 0 bridgehead atoms. The summed E-state index contributed by atoms with van der Waals surface area (Å²) in [5.74, 6) is -5.47. The molecule has 0 aliphatic rings. The molecule has 31 heteroatoms. The molecule has 4 rings (SSSR count). The van der Waals surface area contributed by atoms with E-state index in [0.717, 1.165) is 16.8 Å². The van der Waals surface area contributed by atoms with Gasteiger partial charge < -0.3 is 43.2 Å². The number of carboxylic acids is 2. The summed E-state index contributed by atoms with van der Waals surface area (Å²) in [7, 11) is -8.42. The molecule has 2 aromatic heterocycles. The first-order chi connectivity index (χ1) is 30.2. The van der Waals surface area contributed by atoms with Crippen molar-refractivity contribution in [2.45, 2.75) is 64.3 Å². The fourth-order valence-electron chi connectivity index (χ4n) is 4.01. The molecule has 0 saturated heterocycles. The van der Waals surface area contributed by atoms with Crippen LogP contribution in [-0.2, 0) is 35.7 Å². The molecular formula is C35H44Cl2F4N7O15PS2. The van der Waals surface area contributed by atoms with Gasteiger partial charge >= 0.3 is 36.9 Å². The Morgan fingerprint density at radius 2 is 1.48 bits per heavy atom. The SMILES string of the molecule is CC(C)Oc1cc(-n2nc(C(C)(C)C)oc2=O)c(Cl)cc1Cl.C[S+](C)C.O=C(Nc1nc(OC(F)F)cc(OC(F)F)n1)NS(=O)(=O)c1ccccc1C(=O)O.O=C(O)CNCP(=O)([O-])O. The topological polar surface area (TPSA) is 324 Å². The maximum atomic E-state index is 12.3. The zero-order valence-corrected chi connectivity index (χ0v) is 39.8. The van der Waals surface area contributed by atoms with Gasteiger partial charge in [-0.25, -0.2) is 27.5 Å². The molecular weight excluding hydrogens is 1000 g/mol. The van der Waals surface area contributed by atoms with E-state index in [0.29, 0.717) is 39.3 Å². The largest absolute Gasteiger partial charge is 0.778 e. The Morgan fingerprint density at radius 3 is 1.92 bits per heavy atom. The summed E-state index contributed by atoms with van der Waals surface area (Å²) in [6.45, 7) is 2.17. The molecule has 1 unspecified atom stereocenters. The third kappa shape index (κ3) is 22.3. The van der Waals surface area contributed by atoms with Gasteiger partial charge in [0.2, 0.25) is 23.6 Å². The lowest BCUT2D eigenvalue weighted by Crippen LogP contribution is -2.35. The number of carbonyl (C=O) groups excluding carboxylic acids is 1. The van der Waals surface area contributed by atoms with Crippen molar-refractivity contribution in [2.24, 2.45) is 0 Å². The van der Waals surface area contributed by atoms with Gasteiger partial charge in [-0.15, -0.1) is 5.10 Å². The maximum absolute atomic E-state index is 12.3. The molecule has 2 heterocycles. The lowest BCUT2D eigenvalue weighted by Gasteiger charge is -2.14. The van der Waals surface area contributed by atoms with Crippen LogP contribution in [0, 0.1) is 0 Å². The van der Waals surface area contributed by atoms with Gasteiger partial charge in [-0.1, -0.05) is 56.1 Å². The Labute approximate surface area is 386 Å². The zero-order valence-electron chi connectivity index (χ0n) is 35.7. The van der Waals surface area contributed by atoms with Gasteiger partial charge in [-0.3, -0.25) is 15.4 Å². The first-order valence-corrected chi connectivity index (χ1v) is 24.3. The van der Waals surface area contributed by atoms with Crippen molar-refractivity contribution >= 4 is 75.6 Å². The van der Waals surface area contributed by atoms with Crippen LogP contribution in [-0.4, -0.2) is 112 Å². The molecule has 0 fully saturated rings. The van der Waals surface area contributed by atoms with E-state index in [2.05, 4.69) is 43.3 Å². The molecule has 4 aromatic rings. The summed E-state index contributed by atoms with van der Waals surface area (Å²) in [6.07, 6.45) is 5.81. The van der Waals surface area contributed by atoms with Gasteiger partial charge in [-0.2, -0.15) is 32.2 Å².